The predicted molar refractivity (Wildman–Crippen MR) is 17.4 cm³/mol. The zero-order chi connectivity index (χ0) is 8.41. The van der Waals surface area contributed by atoms with E-state index in [1.807, 2.05) is 0 Å². The van der Waals surface area contributed by atoms with Crippen LogP contribution in [-0.2, 0) is 18.5 Å². The molecule has 0 fully saturated rings. The van der Waals surface area contributed by atoms with Crippen LogP contribution >= 0.6 is 15.6 Å². The molecule has 0 aliphatic heterocycles. The molecule has 0 saturated carbocycles. The molecule has 0 N–H and O–H groups in total. The molecule has 0 aromatic rings. The quantitative estimate of drug-likeness (QED) is 0.207. The van der Waals surface area contributed by atoms with Gasteiger partial charge in [-0.3, -0.25) is 0 Å². The van der Waals surface area contributed by atoms with Crippen LogP contribution in [0.15, 0.2) is 0 Å². The van der Waals surface area contributed by atoms with Crippen LogP contribution in [-0.4, -0.2) is 0 Å². The summed E-state index contributed by atoms with van der Waals surface area (Å²) in [4.78, 5) is 37.6. The SMILES string of the molecule is O=P([O-])([O-])OOP(=O)([O-])[O-].[K+].[Li+].[Li+].[Li+]. The molecule has 0 bridgehead atoms. The second-order valence-electron chi connectivity index (χ2n) is 1.04. The summed E-state index contributed by atoms with van der Waals surface area (Å²) in [5, 5.41) is 0. The van der Waals surface area contributed by atoms with Gasteiger partial charge in [-0.15, -0.1) is 0 Å². The van der Waals surface area contributed by atoms with E-state index in [9.17, 15) is 28.7 Å². The third kappa shape index (κ3) is 29.6. The van der Waals surface area contributed by atoms with Gasteiger partial charge in [0.1, 0.15) is 15.6 Å². The summed E-state index contributed by atoms with van der Waals surface area (Å²) in [6.45, 7) is 0. The van der Waals surface area contributed by atoms with E-state index >= 15 is 0 Å². The molecule has 62 valence electrons. The van der Waals surface area contributed by atoms with Gasteiger partial charge in [0, 0.05) is 0 Å². The van der Waals surface area contributed by atoms with Crippen molar-refractivity contribution in [3.05, 3.63) is 0 Å². The second kappa shape index (κ2) is 13.1. The molecule has 0 amide bonds. The van der Waals surface area contributed by atoms with Crippen LogP contribution in [0, 0.1) is 0 Å². The van der Waals surface area contributed by atoms with E-state index in [2.05, 4.69) is 9.35 Å². The van der Waals surface area contributed by atoms with Crippen molar-refractivity contribution in [3.8, 4) is 0 Å². The van der Waals surface area contributed by atoms with Crippen LogP contribution in [0.4, 0.5) is 0 Å². The van der Waals surface area contributed by atoms with Gasteiger partial charge in [0.25, 0.3) is 0 Å². The Bertz CT molecular complexity index is 173. The Morgan fingerprint density at radius 1 is 0.714 bits per heavy atom. The molecular formula is KLi3O8P2. The zero-order valence-electron chi connectivity index (χ0n) is 8.16. The van der Waals surface area contributed by atoms with Crippen LogP contribution in [0.25, 0.3) is 0 Å². The Kier molecular flexibility index (Phi) is 28.6. The topological polar surface area (TPSA) is 145 Å². The van der Waals surface area contributed by atoms with Crippen LogP contribution in [0.2, 0.25) is 0 Å². The Labute approximate surface area is 159 Å². The van der Waals surface area contributed by atoms with Gasteiger partial charge in [0.05, 0.1) is 0 Å². The molecule has 0 aliphatic carbocycles. The first kappa shape index (κ1) is 30.6. The maximum atomic E-state index is 9.40. The van der Waals surface area contributed by atoms with Crippen molar-refractivity contribution in [1.29, 1.82) is 0 Å². The summed E-state index contributed by atoms with van der Waals surface area (Å²) in [6.07, 6.45) is 0. The normalized spacial score (nSPS) is 9.71. The van der Waals surface area contributed by atoms with Crippen LogP contribution < -0.4 is 128 Å². The first-order chi connectivity index (χ1) is 4.21. The Morgan fingerprint density at radius 2 is 0.857 bits per heavy atom. The zero-order valence-corrected chi connectivity index (χ0v) is 13.1. The molecule has 0 aromatic heterocycles. The number of hydrogen-bond donors (Lipinski definition) is 0. The van der Waals surface area contributed by atoms with Gasteiger partial charge in [0.2, 0.25) is 0 Å². The standard InChI is InChI=1S/K.3Li.H4O8P2/c;;;;1-9(2,3)7-8-10(4,5)6/h;;;;(H2,1,2,3)(H2,4,5,6)/q4*+1;/p-4. The minimum Gasteiger partial charge on any atom is -0.788 e. The summed E-state index contributed by atoms with van der Waals surface area (Å²) in [7, 11) is -11.1. The largest absolute Gasteiger partial charge is 1.00 e. The first-order valence-electron chi connectivity index (χ1n) is 1.63. The molecule has 0 heterocycles. The molecule has 0 saturated heterocycles. The van der Waals surface area contributed by atoms with Gasteiger partial charge in [0.15, 0.2) is 0 Å². The summed E-state index contributed by atoms with van der Waals surface area (Å²) >= 11 is 0. The van der Waals surface area contributed by atoms with Gasteiger partial charge >= 0.3 is 108 Å². The third-order valence-electron chi connectivity index (χ3n) is 0.216. The Morgan fingerprint density at radius 3 is 0.929 bits per heavy atom. The van der Waals surface area contributed by atoms with Gasteiger partial charge in [-0.1, -0.05) is 0 Å². The van der Waals surface area contributed by atoms with E-state index in [1.165, 1.54) is 0 Å². The van der Waals surface area contributed by atoms with Crippen molar-refractivity contribution in [2.75, 3.05) is 0 Å². The predicted octanol–water partition coefficient (Wildman–Crippen LogP) is -15.4. The van der Waals surface area contributed by atoms with Crippen molar-refractivity contribution in [1.82, 2.24) is 0 Å². The number of hydrogen-bond acceptors (Lipinski definition) is 8. The Balaban J connectivity index is -0.0000000675. The maximum absolute atomic E-state index is 9.40. The van der Waals surface area contributed by atoms with Gasteiger partial charge in [-0.05, 0) is 0 Å². The van der Waals surface area contributed by atoms with Crippen molar-refractivity contribution in [2.24, 2.45) is 0 Å². The summed E-state index contributed by atoms with van der Waals surface area (Å²) in [6, 6.07) is 0. The van der Waals surface area contributed by atoms with Crippen molar-refractivity contribution < 1.29 is 146 Å². The molecule has 0 spiro atoms. The van der Waals surface area contributed by atoms with Crippen LogP contribution in [0.5, 0.6) is 0 Å². The molecule has 0 unspecified atom stereocenters. The fraction of sp³-hybridized carbons (Fsp3) is 0. The molecular weight excluding hydrogens is 250 g/mol. The smallest absolute Gasteiger partial charge is 0.788 e. The molecule has 14 heavy (non-hydrogen) atoms. The fourth-order valence-corrected chi connectivity index (χ4v) is 0.735. The maximum Gasteiger partial charge on any atom is 1.00 e. The number of phosphoric acid groups is 2. The molecule has 0 atom stereocenters. The molecule has 0 aromatic carbocycles. The van der Waals surface area contributed by atoms with Crippen LogP contribution in [0.1, 0.15) is 0 Å². The average molecular weight is 250 g/mol. The molecule has 14 heteroatoms. The van der Waals surface area contributed by atoms with E-state index in [-0.39, 0.29) is 108 Å². The summed E-state index contributed by atoms with van der Waals surface area (Å²) < 4.78 is 24.1. The first-order valence-corrected chi connectivity index (χ1v) is 4.55. The molecule has 0 radical (unpaired) electrons. The molecule has 0 rings (SSSR count). The Hall–Kier alpha value is 3.65. The van der Waals surface area contributed by atoms with E-state index in [1.54, 1.807) is 0 Å². The summed E-state index contributed by atoms with van der Waals surface area (Å²) in [5.74, 6) is 0. The minimum absolute atomic E-state index is 0. The fourth-order valence-electron chi connectivity index (χ4n) is 0.0816. The third-order valence-corrected chi connectivity index (χ3v) is 0.848. The van der Waals surface area contributed by atoms with Crippen LogP contribution in [0.3, 0.4) is 0 Å². The monoisotopic (exact) mass is 250 g/mol. The van der Waals surface area contributed by atoms with E-state index in [4.69, 9.17) is 0 Å². The second-order valence-corrected chi connectivity index (χ2v) is 3.13. The van der Waals surface area contributed by atoms with E-state index in [0.29, 0.717) is 0 Å². The molecule has 0 aliphatic rings. The van der Waals surface area contributed by atoms with Gasteiger partial charge in [-0.2, -0.15) is 0 Å². The number of rotatable bonds is 3. The minimum atomic E-state index is -5.56. The van der Waals surface area contributed by atoms with Crippen molar-refractivity contribution >= 4 is 15.6 Å². The van der Waals surface area contributed by atoms with E-state index < -0.39 is 15.6 Å². The molecule has 8 nitrogen and oxygen atoms in total. The van der Waals surface area contributed by atoms with Gasteiger partial charge < -0.3 is 28.7 Å². The average Bonchev–Trinajstić information content (AvgIpc) is 1.57. The van der Waals surface area contributed by atoms with Crippen molar-refractivity contribution in [2.45, 2.75) is 0 Å². The summed E-state index contributed by atoms with van der Waals surface area (Å²) in [5.41, 5.74) is 0. The van der Waals surface area contributed by atoms with Gasteiger partial charge in [-0.25, -0.2) is 9.35 Å². The van der Waals surface area contributed by atoms with Crippen molar-refractivity contribution in [3.63, 3.8) is 0 Å². The van der Waals surface area contributed by atoms with E-state index in [0.717, 1.165) is 0 Å².